The van der Waals surface area contributed by atoms with Crippen molar-refractivity contribution in [1.82, 2.24) is 0 Å². The van der Waals surface area contributed by atoms with E-state index >= 15 is 0 Å². The molecule has 1 aliphatic heterocycles. The van der Waals surface area contributed by atoms with Crippen LogP contribution >= 0.6 is 0 Å². The molecule has 0 radical (unpaired) electrons. The Morgan fingerprint density at radius 3 is 2.81 bits per heavy atom. The Bertz CT molecular complexity index is 511. The Hall–Kier alpha value is -1.76. The van der Waals surface area contributed by atoms with Gasteiger partial charge in [0.15, 0.2) is 0 Å². The summed E-state index contributed by atoms with van der Waals surface area (Å²) >= 11 is 0. The minimum atomic E-state index is -4.56. The quantitative estimate of drug-likeness (QED) is 0.840. The third-order valence-corrected chi connectivity index (χ3v) is 3.34. The fraction of sp³-hybridized carbons (Fsp3) is 0.500. The molecule has 0 saturated carbocycles. The number of benzene rings is 1. The number of hydrogen-bond donors (Lipinski definition) is 2. The number of anilines is 2. The third kappa shape index (κ3) is 4.35. The molecule has 1 atom stereocenters. The predicted molar refractivity (Wildman–Crippen MR) is 72.7 cm³/mol. The van der Waals surface area contributed by atoms with Gasteiger partial charge in [0, 0.05) is 18.7 Å². The standard InChI is InChI=1S/C14H17F3N2O2/c15-14(16,17)11-8-9(18)3-5-12(11)19-13(20)6-4-10-2-1-7-21-10/h3,5,8,10H,1-2,4,6-7,18H2,(H,19,20). The molecule has 3 N–H and O–H groups in total. The summed E-state index contributed by atoms with van der Waals surface area (Å²) in [5, 5.41) is 2.30. The zero-order chi connectivity index (χ0) is 15.5. The molecular formula is C14H17F3N2O2. The number of halogens is 3. The molecule has 7 heteroatoms. The van der Waals surface area contributed by atoms with Crippen molar-refractivity contribution in [2.75, 3.05) is 17.7 Å². The number of rotatable bonds is 4. The molecule has 21 heavy (non-hydrogen) atoms. The summed E-state index contributed by atoms with van der Waals surface area (Å²) in [5.41, 5.74) is 4.16. The number of carbonyl (C=O) groups is 1. The number of amides is 1. The number of ether oxygens (including phenoxy) is 1. The van der Waals surface area contributed by atoms with Gasteiger partial charge in [0.1, 0.15) is 0 Å². The first-order valence-electron chi connectivity index (χ1n) is 6.74. The van der Waals surface area contributed by atoms with Crippen molar-refractivity contribution in [3.63, 3.8) is 0 Å². The summed E-state index contributed by atoms with van der Waals surface area (Å²) in [6, 6.07) is 3.31. The van der Waals surface area contributed by atoms with E-state index in [2.05, 4.69) is 5.32 Å². The fourth-order valence-electron chi connectivity index (χ4n) is 2.28. The first-order chi connectivity index (χ1) is 9.86. The molecule has 2 rings (SSSR count). The molecule has 1 saturated heterocycles. The monoisotopic (exact) mass is 302 g/mol. The van der Waals surface area contributed by atoms with Gasteiger partial charge >= 0.3 is 6.18 Å². The van der Waals surface area contributed by atoms with Crippen molar-refractivity contribution in [3.8, 4) is 0 Å². The number of hydrogen-bond acceptors (Lipinski definition) is 3. The third-order valence-electron chi connectivity index (χ3n) is 3.34. The van der Waals surface area contributed by atoms with Crippen LogP contribution in [0.5, 0.6) is 0 Å². The molecule has 1 aliphatic rings. The smallest absolute Gasteiger partial charge is 0.399 e. The highest BCUT2D eigenvalue weighted by Gasteiger charge is 2.34. The van der Waals surface area contributed by atoms with Crippen molar-refractivity contribution in [2.45, 2.75) is 38.0 Å². The van der Waals surface area contributed by atoms with Crippen molar-refractivity contribution >= 4 is 17.3 Å². The Morgan fingerprint density at radius 1 is 1.43 bits per heavy atom. The van der Waals surface area contributed by atoms with Crippen LogP contribution in [0.1, 0.15) is 31.2 Å². The Morgan fingerprint density at radius 2 is 2.19 bits per heavy atom. The Labute approximate surface area is 120 Å². The second kappa shape index (κ2) is 6.34. The van der Waals surface area contributed by atoms with Gasteiger partial charge in [-0.2, -0.15) is 13.2 Å². The van der Waals surface area contributed by atoms with E-state index in [0.717, 1.165) is 18.9 Å². The van der Waals surface area contributed by atoms with E-state index in [-0.39, 0.29) is 23.9 Å². The molecule has 1 heterocycles. The maximum Gasteiger partial charge on any atom is 0.418 e. The minimum Gasteiger partial charge on any atom is -0.399 e. The topological polar surface area (TPSA) is 64.3 Å². The normalized spacial score (nSPS) is 18.7. The highest BCUT2D eigenvalue weighted by molar-refractivity contribution is 5.91. The summed E-state index contributed by atoms with van der Waals surface area (Å²) in [6.45, 7) is 0.683. The molecule has 0 bridgehead atoms. The highest BCUT2D eigenvalue weighted by Crippen LogP contribution is 2.36. The molecular weight excluding hydrogens is 285 g/mol. The van der Waals surface area contributed by atoms with E-state index in [1.807, 2.05) is 0 Å². The zero-order valence-electron chi connectivity index (χ0n) is 11.4. The van der Waals surface area contributed by atoms with Crippen LogP contribution in [-0.4, -0.2) is 18.6 Å². The molecule has 1 fully saturated rings. The highest BCUT2D eigenvalue weighted by atomic mass is 19.4. The van der Waals surface area contributed by atoms with E-state index in [1.54, 1.807) is 0 Å². The first-order valence-corrected chi connectivity index (χ1v) is 6.74. The van der Waals surface area contributed by atoms with Crippen LogP contribution in [0, 0.1) is 0 Å². The van der Waals surface area contributed by atoms with Gasteiger partial charge < -0.3 is 15.8 Å². The van der Waals surface area contributed by atoms with Crippen LogP contribution in [-0.2, 0) is 15.7 Å². The number of nitrogens with one attached hydrogen (secondary N) is 1. The fourth-order valence-corrected chi connectivity index (χ4v) is 2.28. The molecule has 1 aromatic carbocycles. The predicted octanol–water partition coefficient (Wildman–Crippen LogP) is 3.19. The molecule has 116 valence electrons. The molecule has 4 nitrogen and oxygen atoms in total. The lowest BCUT2D eigenvalue weighted by Crippen LogP contribution is -2.18. The van der Waals surface area contributed by atoms with Gasteiger partial charge in [-0.1, -0.05) is 0 Å². The maximum absolute atomic E-state index is 12.9. The second-order valence-electron chi connectivity index (χ2n) is 5.02. The van der Waals surface area contributed by atoms with Crippen molar-refractivity contribution in [3.05, 3.63) is 23.8 Å². The van der Waals surface area contributed by atoms with Crippen LogP contribution in [0.4, 0.5) is 24.5 Å². The van der Waals surface area contributed by atoms with Crippen molar-refractivity contribution < 1.29 is 22.7 Å². The molecule has 0 spiro atoms. The van der Waals surface area contributed by atoms with Crippen LogP contribution in [0.3, 0.4) is 0 Å². The molecule has 1 aromatic rings. The second-order valence-corrected chi connectivity index (χ2v) is 5.02. The summed E-state index contributed by atoms with van der Waals surface area (Å²) in [4.78, 5) is 11.8. The Balaban J connectivity index is 1.99. The van der Waals surface area contributed by atoms with Crippen molar-refractivity contribution in [1.29, 1.82) is 0 Å². The van der Waals surface area contributed by atoms with E-state index in [0.29, 0.717) is 13.0 Å². The van der Waals surface area contributed by atoms with Crippen LogP contribution in [0.2, 0.25) is 0 Å². The lowest BCUT2D eigenvalue weighted by Gasteiger charge is -2.15. The number of carbonyl (C=O) groups excluding carboxylic acids is 1. The van der Waals surface area contributed by atoms with E-state index in [1.165, 1.54) is 12.1 Å². The summed E-state index contributed by atoms with van der Waals surface area (Å²) < 4.78 is 44.0. The SMILES string of the molecule is Nc1ccc(NC(=O)CCC2CCCO2)c(C(F)(F)F)c1. The summed E-state index contributed by atoms with van der Waals surface area (Å²) in [7, 11) is 0. The van der Waals surface area contributed by atoms with Crippen LogP contribution in [0.25, 0.3) is 0 Å². The molecule has 0 aromatic heterocycles. The summed E-state index contributed by atoms with van der Waals surface area (Å²) in [5.74, 6) is -0.458. The molecule has 0 aliphatic carbocycles. The van der Waals surface area contributed by atoms with Gasteiger partial charge in [0.2, 0.25) is 5.91 Å². The van der Waals surface area contributed by atoms with E-state index in [4.69, 9.17) is 10.5 Å². The number of nitrogens with two attached hydrogens (primary N) is 1. The van der Waals surface area contributed by atoms with Gasteiger partial charge in [-0.05, 0) is 37.5 Å². The van der Waals surface area contributed by atoms with Crippen molar-refractivity contribution in [2.24, 2.45) is 0 Å². The number of alkyl halides is 3. The lowest BCUT2D eigenvalue weighted by molar-refractivity contribution is -0.136. The largest absolute Gasteiger partial charge is 0.418 e. The molecule has 1 amide bonds. The van der Waals surface area contributed by atoms with Gasteiger partial charge in [-0.15, -0.1) is 0 Å². The molecule has 1 unspecified atom stereocenters. The van der Waals surface area contributed by atoms with Gasteiger partial charge in [0.05, 0.1) is 17.4 Å². The van der Waals surface area contributed by atoms with Gasteiger partial charge in [0.25, 0.3) is 0 Å². The zero-order valence-corrected chi connectivity index (χ0v) is 11.4. The van der Waals surface area contributed by atoms with E-state index < -0.39 is 17.6 Å². The lowest BCUT2D eigenvalue weighted by atomic mass is 10.1. The van der Waals surface area contributed by atoms with Crippen LogP contribution < -0.4 is 11.1 Å². The first kappa shape index (κ1) is 15.6. The minimum absolute atomic E-state index is 0.000297. The van der Waals surface area contributed by atoms with E-state index in [9.17, 15) is 18.0 Å². The van der Waals surface area contributed by atoms with Gasteiger partial charge in [-0.3, -0.25) is 4.79 Å². The summed E-state index contributed by atoms with van der Waals surface area (Å²) in [6.07, 6.45) is -2.03. The Kier molecular flexibility index (Phi) is 4.72. The van der Waals surface area contributed by atoms with Gasteiger partial charge in [-0.25, -0.2) is 0 Å². The number of nitrogen functional groups attached to an aromatic ring is 1. The average Bonchev–Trinajstić information content (AvgIpc) is 2.90. The van der Waals surface area contributed by atoms with Crippen LogP contribution in [0.15, 0.2) is 18.2 Å². The maximum atomic E-state index is 12.9. The average molecular weight is 302 g/mol.